The van der Waals surface area contributed by atoms with Gasteiger partial charge in [-0.1, -0.05) is 12.2 Å². The highest BCUT2D eigenvalue weighted by Gasteiger charge is 1.74. The summed E-state index contributed by atoms with van der Waals surface area (Å²) in [6.45, 7) is 0. The molecule has 0 bridgehead atoms. The zero-order chi connectivity index (χ0) is 6.41. The Hall–Kier alpha value is -0.530. The minimum absolute atomic E-state index is 0.358. The highest BCUT2D eigenvalue weighted by molar-refractivity contribution is 8.11. The fourth-order valence-electron chi connectivity index (χ4n) is 0.150. The smallest absolute Gasteiger partial charge is 0.134 e. The number of allylic oxidation sites excluding steroid dienone is 1. The Labute approximate surface area is 58.6 Å². The highest BCUT2D eigenvalue weighted by atomic mass is 32.1. The summed E-state index contributed by atoms with van der Waals surface area (Å²) in [6, 6.07) is 1.79. The highest BCUT2D eigenvalue weighted by Crippen LogP contribution is 1.75. The summed E-state index contributed by atoms with van der Waals surface area (Å²) in [5.41, 5.74) is 0. The van der Waals surface area contributed by atoms with E-state index in [9.17, 15) is 0 Å². The number of thiol groups is 1. The van der Waals surface area contributed by atoms with Gasteiger partial charge in [0, 0.05) is 12.3 Å². The lowest BCUT2D eigenvalue weighted by Gasteiger charge is -1.87. The van der Waals surface area contributed by atoms with E-state index in [1.165, 1.54) is 12.3 Å². The normalized spacial score (nSPS) is 8.50. The Morgan fingerprint density at radius 1 is 1.88 bits per heavy atom. The third-order valence-electron chi connectivity index (χ3n) is 0.365. The molecule has 8 heavy (non-hydrogen) atoms. The van der Waals surface area contributed by atoms with Crippen molar-refractivity contribution in [2.24, 2.45) is 0 Å². The van der Waals surface area contributed by atoms with Gasteiger partial charge >= 0.3 is 0 Å². The second-order valence-electron chi connectivity index (χ2n) is 0.912. The average Bonchev–Trinajstić information content (AvgIpc) is 1.66. The van der Waals surface area contributed by atoms with Crippen LogP contribution in [0.2, 0.25) is 0 Å². The molecule has 0 aromatic carbocycles. The lowest BCUT2D eigenvalue weighted by molar-refractivity contribution is 1.34. The molecule has 0 spiro atoms. The Bertz CT molecular complexity index is 145. The summed E-state index contributed by atoms with van der Waals surface area (Å²) in [7, 11) is 0. The number of hydrogen-bond acceptors (Lipinski definition) is 2. The van der Waals surface area contributed by atoms with Crippen LogP contribution < -0.4 is 5.32 Å². The van der Waals surface area contributed by atoms with Crippen LogP contribution >= 0.6 is 24.8 Å². The molecule has 0 fully saturated rings. The number of nitriles is 1. The van der Waals surface area contributed by atoms with Gasteiger partial charge in [-0.3, -0.25) is 0 Å². The number of hydrogen-bond donors (Lipinski definition) is 2. The van der Waals surface area contributed by atoms with Crippen LogP contribution in [0.4, 0.5) is 0 Å². The largest absolute Gasteiger partial charge is 0.347 e. The van der Waals surface area contributed by atoms with Crippen molar-refractivity contribution in [1.82, 2.24) is 5.32 Å². The first-order valence-corrected chi connectivity index (χ1v) is 2.67. The molecular formula is C4H4N2S2. The molecule has 0 unspecified atom stereocenters. The summed E-state index contributed by atoms with van der Waals surface area (Å²) in [6.07, 6.45) is 2.71. The maximum atomic E-state index is 7.93. The van der Waals surface area contributed by atoms with Crippen molar-refractivity contribution >= 4 is 29.2 Å². The molecule has 0 radical (unpaired) electrons. The van der Waals surface area contributed by atoms with E-state index < -0.39 is 0 Å². The molecule has 0 aliphatic rings. The third-order valence-corrected chi connectivity index (χ3v) is 0.612. The molecule has 0 saturated carbocycles. The fourth-order valence-corrected chi connectivity index (χ4v) is 0.293. The summed E-state index contributed by atoms with van der Waals surface area (Å²) in [4.78, 5) is 0. The van der Waals surface area contributed by atoms with E-state index in [1.807, 2.05) is 0 Å². The summed E-state index contributed by atoms with van der Waals surface area (Å²) < 4.78 is 0.358. The van der Waals surface area contributed by atoms with Gasteiger partial charge in [0.05, 0.1) is 6.07 Å². The van der Waals surface area contributed by atoms with E-state index in [2.05, 4.69) is 30.2 Å². The van der Waals surface area contributed by atoms with Gasteiger partial charge in [0.25, 0.3) is 0 Å². The first-order valence-electron chi connectivity index (χ1n) is 1.81. The van der Waals surface area contributed by atoms with Crippen molar-refractivity contribution in [1.29, 1.82) is 5.26 Å². The first-order chi connectivity index (χ1) is 3.77. The van der Waals surface area contributed by atoms with Crippen molar-refractivity contribution in [2.75, 3.05) is 0 Å². The molecule has 0 aliphatic heterocycles. The standard InChI is InChI=1S/C4H4N2S2/c5-2-1-3-6-4(7)8/h1,3H,(H2,6,7,8)/b3-1+. The van der Waals surface area contributed by atoms with E-state index >= 15 is 0 Å². The molecule has 0 amide bonds. The fraction of sp³-hybridized carbons (Fsp3) is 0. The van der Waals surface area contributed by atoms with Gasteiger partial charge in [-0.25, -0.2) is 0 Å². The lowest BCUT2D eigenvalue weighted by Crippen LogP contribution is -2.05. The van der Waals surface area contributed by atoms with E-state index in [4.69, 9.17) is 5.26 Å². The minimum atomic E-state index is 0.358. The van der Waals surface area contributed by atoms with Gasteiger partial charge in [0.15, 0.2) is 0 Å². The molecule has 0 rings (SSSR count). The zero-order valence-electron chi connectivity index (χ0n) is 3.96. The van der Waals surface area contributed by atoms with E-state index in [0.717, 1.165) is 0 Å². The van der Waals surface area contributed by atoms with Crippen molar-refractivity contribution in [3.63, 3.8) is 0 Å². The van der Waals surface area contributed by atoms with Gasteiger partial charge in [0.1, 0.15) is 4.32 Å². The average molecular weight is 144 g/mol. The zero-order valence-corrected chi connectivity index (χ0v) is 5.67. The predicted molar refractivity (Wildman–Crippen MR) is 39.5 cm³/mol. The molecule has 0 aliphatic carbocycles. The van der Waals surface area contributed by atoms with Crippen LogP contribution in [-0.4, -0.2) is 4.32 Å². The molecule has 1 N–H and O–H groups in total. The van der Waals surface area contributed by atoms with Crippen LogP contribution in [0, 0.1) is 11.3 Å². The molecule has 42 valence electrons. The maximum Gasteiger partial charge on any atom is 0.134 e. The van der Waals surface area contributed by atoms with E-state index in [1.54, 1.807) is 6.07 Å². The molecule has 0 aromatic heterocycles. The van der Waals surface area contributed by atoms with Crippen molar-refractivity contribution in [3.8, 4) is 6.07 Å². The second-order valence-corrected chi connectivity index (χ2v) is 2.07. The van der Waals surface area contributed by atoms with Crippen molar-refractivity contribution < 1.29 is 0 Å². The Balaban J connectivity index is 3.34. The van der Waals surface area contributed by atoms with Gasteiger partial charge in [0.2, 0.25) is 0 Å². The predicted octanol–water partition coefficient (Wildman–Crippen LogP) is 0.828. The van der Waals surface area contributed by atoms with Crippen LogP contribution in [0.25, 0.3) is 0 Å². The van der Waals surface area contributed by atoms with E-state index in [-0.39, 0.29) is 0 Å². The molecule has 2 nitrogen and oxygen atoms in total. The van der Waals surface area contributed by atoms with Crippen LogP contribution in [0.3, 0.4) is 0 Å². The van der Waals surface area contributed by atoms with Crippen LogP contribution in [0.15, 0.2) is 12.3 Å². The van der Waals surface area contributed by atoms with Gasteiger partial charge < -0.3 is 5.32 Å². The molecular weight excluding hydrogens is 140 g/mol. The number of nitrogens with zero attached hydrogens (tertiary/aromatic N) is 1. The van der Waals surface area contributed by atoms with Crippen molar-refractivity contribution in [2.45, 2.75) is 0 Å². The first kappa shape index (κ1) is 7.47. The van der Waals surface area contributed by atoms with Gasteiger partial charge in [-0.15, -0.1) is 12.6 Å². The molecule has 4 heteroatoms. The number of thiocarbonyl (C=S) groups is 1. The number of rotatable bonds is 1. The van der Waals surface area contributed by atoms with E-state index in [0.29, 0.717) is 4.32 Å². The SMILES string of the molecule is N#C/C=C/NC(=S)S. The number of nitrogens with one attached hydrogen (secondary N) is 1. The molecule has 0 atom stereocenters. The quantitative estimate of drug-likeness (QED) is 0.325. The third kappa shape index (κ3) is 5.47. The van der Waals surface area contributed by atoms with Crippen molar-refractivity contribution in [3.05, 3.63) is 12.3 Å². The van der Waals surface area contributed by atoms with Crippen LogP contribution in [0.5, 0.6) is 0 Å². The summed E-state index contributed by atoms with van der Waals surface area (Å²) in [5.74, 6) is 0. The topological polar surface area (TPSA) is 35.8 Å². The monoisotopic (exact) mass is 144 g/mol. The molecule has 0 saturated heterocycles. The summed E-state index contributed by atoms with van der Waals surface area (Å²) in [5, 5.41) is 10.5. The lowest BCUT2D eigenvalue weighted by atomic mass is 10.7. The maximum absolute atomic E-state index is 7.93. The Kier molecular flexibility index (Phi) is 4.32. The Morgan fingerprint density at radius 2 is 2.50 bits per heavy atom. The second kappa shape index (κ2) is 4.62. The van der Waals surface area contributed by atoms with Crippen LogP contribution in [0.1, 0.15) is 0 Å². The molecule has 0 aromatic rings. The minimum Gasteiger partial charge on any atom is -0.347 e. The van der Waals surface area contributed by atoms with Gasteiger partial charge in [-0.2, -0.15) is 5.26 Å². The van der Waals surface area contributed by atoms with Crippen LogP contribution in [-0.2, 0) is 0 Å². The molecule has 0 heterocycles. The Morgan fingerprint density at radius 3 is 2.88 bits per heavy atom. The van der Waals surface area contributed by atoms with Gasteiger partial charge in [-0.05, 0) is 0 Å². The summed E-state index contributed by atoms with van der Waals surface area (Å²) >= 11 is 8.23.